The molecule has 0 spiro atoms. The summed E-state index contributed by atoms with van der Waals surface area (Å²) in [7, 11) is -3.20. The molecule has 0 aliphatic carbocycles. The Morgan fingerprint density at radius 2 is 1.71 bits per heavy atom. The number of hydrogen-bond donors (Lipinski definition) is 0. The third-order valence-corrected chi connectivity index (χ3v) is 7.29. The summed E-state index contributed by atoms with van der Waals surface area (Å²) in [6.45, 7) is 3.99. The van der Waals surface area contributed by atoms with Crippen molar-refractivity contribution in [3.63, 3.8) is 0 Å². The first kappa shape index (κ1) is 21.1. The molecule has 2 fully saturated rings. The molecular weight excluding hydrogens is 420 g/mol. The quantitative estimate of drug-likeness (QED) is 0.663. The van der Waals surface area contributed by atoms with Gasteiger partial charge in [0.25, 0.3) is 5.91 Å². The molecule has 0 saturated carbocycles. The van der Waals surface area contributed by atoms with Crippen LogP contribution in [0.4, 0.5) is 5.69 Å². The Morgan fingerprint density at radius 1 is 1.03 bits per heavy atom. The van der Waals surface area contributed by atoms with Gasteiger partial charge in [-0.3, -0.25) is 13.9 Å². The van der Waals surface area contributed by atoms with Gasteiger partial charge in [-0.1, -0.05) is 17.3 Å². The minimum atomic E-state index is -3.20. The summed E-state index contributed by atoms with van der Waals surface area (Å²) < 4.78 is 30.5. The normalized spacial score (nSPS) is 18.7. The maximum absolute atomic E-state index is 12.5. The Labute approximate surface area is 180 Å². The molecule has 164 valence electrons. The van der Waals surface area contributed by atoms with Gasteiger partial charge in [-0.25, -0.2) is 8.42 Å². The zero-order chi connectivity index (χ0) is 22.0. The first-order valence-corrected chi connectivity index (χ1v) is 11.7. The van der Waals surface area contributed by atoms with E-state index in [1.54, 1.807) is 53.1 Å². The van der Waals surface area contributed by atoms with Gasteiger partial charge in [-0.2, -0.15) is 0 Å². The van der Waals surface area contributed by atoms with Gasteiger partial charge in [0.1, 0.15) is 0 Å². The maximum Gasteiger partial charge on any atom is 0.292 e. The summed E-state index contributed by atoms with van der Waals surface area (Å²) in [4.78, 5) is 28.2. The number of aryl methyl sites for hydroxylation is 1. The van der Waals surface area contributed by atoms with E-state index >= 15 is 0 Å². The van der Waals surface area contributed by atoms with Gasteiger partial charge >= 0.3 is 0 Å². The van der Waals surface area contributed by atoms with Crippen LogP contribution < -0.4 is 4.31 Å². The van der Waals surface area contributed by atoms with E-state index < -0.39 is 10.0 Å². The van der Waals surface area contributed by atoms with Crippen molar-refractivity contribution in [3.05, 3.63) is 53.4 Å². The van der Waals surface area contributed by atoms with E-state index in [0.717, 1.165) is 5.56 Å². The third kappa shape index (κ3) is 4.63. The maximum atomic E-state index is 12.5. The number of anilines is 1. The minimum absolute atomic E-state index is 0.131. The van der Waals surface area contributed by atoms with Gasteiger partial charge in [0, 0.05) is 44.9 Å². The average Bonchev–Trinajstić information content (AvgIpc) is 3.36. The van der Waals surface area contributed by atoms with Gasteiger partial charge in [0.15, 0.2) is 0 Å². The van der Waals surface area contributed by atoms with Crippen molar-refractivity contribution in [2.45, 2.75) is 13.3 Å². The highest BCUT2D eigenvalue weighted by molar-refractivity contribution is 7.93. The molecule has 1 aromatic heterocycles. The summed E-state index contributed by atoms with van der Waals surface area (Å²) in [6, 6.07) is 8.70. The third-order valence-electron chi connectivity index (χ3n) is 5.42. The Hall–Kier alpha value is -3.14. The number of benzene rings is 1. The molecule has 4 rings (SSSR count). The fourth-order valence-corrected chi connectivity index (χ4v) is 5.27. The highest BCUT2D eigenvalue weighted by atomic mass is 32.2. The van der Waals surface area contributed by atoms with E-state index in [0.29, 0.717) is 50.5 Å². The van der Waals surface area contributed by atoms with E-state index in [9.17, 15) is 18.0 Å². The Bertz CT molecular complexity index is 1100. The highest BCUT2D eigenvalue weighted by Crippen LogP contribution is 2.24. The molecule has 3 heterocycles. The molecule has 10 heteroatoms. The Balaban J connectivity index is 1.31. The molecule has 0 atom stereocenters. The summed E-state index contributed by atoms with van der Waals surface area (Å²) in [5, 5.41) is 3.74. The molecule has 2 saturated heterocycles. The van der Waals surface area contributed by atoms with Crippen LogP contribution in [0.15, 0.2) is 40.9 Å². The summed E-state index contributed by atoms with van der Waals surface area (Å²) in [6.07, 6.45) is 3.84. The van der Waals surface area contributed by atoms with Gasteiger partial charge < -0.3 is 14.3 Å². The second-order valence-corrected chi connectivity index (χ2v) is 9.63. The van der Waals surface area contributed by atoms with Crippen molar-refractivity contribution in [2.24, 2.45) is 0 Å². The molecule has 2 amide bonds. The number of rotatable bonds is 4. The summed E-state index contributed by atoms with van der Waals surface area (Å²) in [5.74, 6) is 0.0413. The van der Waals surface area contributed by atoms with E-state index in [1.165, 1.54) is 10.4 Å². The number of amides is 2. The summed E-state index contributed by atoms with van der Waals surface area (Å²) in [5.41, 5.74) is 2.10. The molecule has 1 aromatic carbocycles. The largest absolute Gasteiger partial charge is 0.351 e. The van der Waals surface area contributed by atoms with Gasteiger partial charge in [0.2, 0.25) is 21.7 Å². The highest BCUT2D eigenvalue weighted by Gasteiger charge is 2.28. The number of piperazine rings is 1. The number of carbonyl (C=O) groups is 2. The van der Waals surface area contributed by atoms with E-state index in [2.05, 4.69) is 5.16 Å². The molecule has 2 aliphatic rings. The van der Waals surface area contributed by atoms with Gasteiger partial charge in [0.05, 0.1) is 17.1 Å². The van der Waals surface area contributed by atoms with E-state index in [1.807, 2.05) is 0 Å². The average molecular weight is 445 g/mol. The molecule has 9 nitrogen and oxygen atoms in total. The first-order chi connectivity index (χ1) is 14.8. The van der Waals surface area contributed by atoms with E-state index in [-0.39, 0.29) is 23.3 Å². The van der Waals surface area contributed by atoms with Gasteiger partial charge in [-0.15, -0.1) is 0 Å². The van der Waals surface area contributed by atoms with Crippen molar-refractivity contribution in [3.8, 4) is 0 Å². The van der Waals surface area contributed by atoms with Crippen LogP contribution in [0, 0.1) is 6.92 Å². The fourth-order valence-electron chi connectivity index (χ4n) is 3.70. The van der Waals surface area contributed by atoms with Crippen molar-refractivity contribution in [1.29, 1.82) is 0 Å². The van der Waals surface area contributed by atoms with Crippen LogP contribution in [0.5, 0.6) is 0 Å². The van der Waals surface area contributed by atoms with Crippen LogP contribution in [0.3, 0.4) is 0 Å². The Kier molecular flexibility index (Phi) is 5.81. The minimum Gasteiger partial charge on any atom is -0.351 e. The molecule has 0 unspecified atom stereocenters. The van der Waals surface area contributed by atoms with Crippen molar-refractivity contribution in [1.82, 2.24) is 15.0 Å². The SMILES string of the molecule is Cc1cc(C(=O)N2CCN(C(=O)/C=C/c3ccc(N4CCCS4(=O)=O)cc3)CC2)on1. The summed E-state index contributed by atoms with van der Waals surface area (Å²) >= 11 is 0. The van der Waals surface area contributed by atoms with Crippen LogP contribution in [0.1, 0.15) is 28.2 Å². The number of nitrogens with zero attached hydrogens (tertiary/aromatic N) is 4. The fraction of sp³-hybridized carbons (Fsp3) is 0.381. The lowest BCUT2D eigenvalue weighted by atomic mass is 10.2. The molecular formula is C21H24N4O5S. The molecule has 31 heavy (non-hydrogen) atoms. The number of carbonyl (C=O) groups excluding carboxylic acids is 2. The number of sulfonamides is 1. The molecule has 0 bridgehead atoms. The smallest absolute Gasteiger partial charge is 0.292 e. The second-order valence-electron chi connectivity index (χ2n) is 7.62. The standard InChI is InChI=1S/C21H24N4O5S/c1-16-15-19(30-22-16)21(27)24-12-10-23(11-13-24)20(26)8-5-17-3-6-18(7-4-17)25-9-2-14-31(25,28)29/h3-8,15H,2,9-14H2,1H3/b8-5+. The topological polar surface area (TPSA) is 104 Å². The molecule has 2 aliphatic heterocycles. The predicted octanol–water partition coefficient (Wildman–Crippen LogP) is 1.52. The monoisotopic (exact) mass is 444 g/mol. The lowest BCUT2D eigenvalue weighted by Gasteiger charge is -2.33. The zero-order valence-electron chi connectivity index (χ0n) is 17.2. The van der Waals surface area contributed by atoms with Gasteiger partial charge in [-0.05, 0) is 37.1 Å². The molecule has 0 radical (unpaired) electrons. The van der Waals surface area contributed by atoms with Crippen molar-refractivity contribution in [2.75, 3.05) is 42.8 Å². The molecule has 2 aromatic rings. The molecule has 0 N–H and O–H groups in total. The second kappa shape index (κ2) is 8.54. The van der Waals surface area contributed by atoms with Crippen LogP contribution in [-0.2, 0) is 14.8 Å². The predicted molar refractivity (Wildman–Crippen MR) is 115 cm³/mol. The zero-order valence-corrected chi connectivity index (χ0v) is 18.0. The van der Waals surface area contributed by atoms with Crippen LogP contribution in [-0.4, -0.2) is 73.7 Å². The van der Waals surface area contributed by atoms with Crippen LogP contribution >= 0.6 is 0 Å². The number of aromatic nitrogens is 1. The first-order valence-electron chi connectivity index (χ1n) is 10.1. The van der Waals surface area contributed by atoms with Crippen LogP contribution in [0.25, 0.3) is 6.08 Å². The van der Waals surface area contributed by atoms with Crippen molar-refractivity contribution < 1.29 is 22.5 Å². The van der Waals surface area contributed by atoms with Crippen molar-refractivity contribution >= 4 is 33.6 Å². The van der Waals surface area contributed by atoms with Crippen LogP contribution in [0.2, 0.25) is 0 Å². The lowest BCUT2D eigenvalue weighted by molar-refractivity contribution is -0.127. The van der Waals surface area contributed by atoms with E-state index in [4.69, 9.17) is 4.52 Å². The lowest BCUT2D eigenvalue weighted by Crippen LogP contribution is -2.50. The Morgan fingerprint density at radius 3 is 2.29 bits per heavy atom. The number of hydrogen-bond acceptors (Lipinski definition) is 6.